The van der Waals surface area contributed by atoms with Gasteiger partial charge in [0, 0.05) is 42.3 Å². The number of aryl methyl sites for hydroxylation is 2. The summed E-state index contributed by atoms with van der Waals surface area (Å²) in [6.07, 6.45) is 3.93. The number of nitrogens with zero attached hydrogens (tertiary/aromatic N) is 3. The number of amides is 1. The molecule has 1 aromatic heterocycles. The maximum Gasteiger partial charge on any atom is 0.251 e. The van der Waals surface area contributed by atoms with E-state index in [9.17, 15) is 4.79 Å². The first-order valence-corrected chi connectivity index (χ1v) is 10.5. The number of hydrogen-bond acceptors (Lipinski definition) is 5. The van der Waals surface area contributed by atoms with Crippen LogP contribution in [0.25, 0.3) is 0 Å². The lowest BCUT2D eigenvalue weighted by molar-refractivity contribution is 0.0926. The van der Waals surface area contributed by atoms with Crippen molar-refractivity contribution in [3.05, 3.63) is 45.7 Å². The van der Waals surface area contributed by atoms with Gasteiger partial charge in [-0.15, -0.1) is 0 Å². The standard InChI is InChI=1S/C21H28BrN5O/c1-13-11-15(5-10-18(13)22)21(28)26-17-8-6-16(7-9-17)25-19-12-20(27(3)4)24-14(2)23-19/h5,10-12,16-17H,6-9H2,1-4H3,(H,26,28)(H,23,24,25)/t16-,17+. The lowest BCUT2D eigenvalue weighted by Gasteiger charge is -2.30. The molecular weight excluding hydrogens is 418 g/mol. The molecule has 0 aliphatic heterocycles. The van der Waals surface area contributed by atoms with Crippen molar-refractivity contribution in [2.45, 2.75) is 51.6 Å². The van der Waals surface area contributed by atoms with E-state index in [4.69, 9.17) is 0 Å². The topological polar surface area (TPSA) is 70.2 Å². The molecule has 28 heavy (non-hydrogen) atoms. The first kappa shape index (κ1) is 20.6. The van der Waals surface area contributed by atoms with Crippen LogP contribution in [0.4, 0.5) is 11.6 Å². The highest BCUT2D eigenvalue weighted by molar-refractivity contribution is 9.10. The molecule has 0 spiro atoms. The highest BCUT2D eigenvalue weighted by Gasteiger charge is 2.23. The fourth-order valence-electron chi connectivity index (χ4n) is 3.50. The number of hydrogen-bond donors (Lipinski definition) is 2. The van der Waals surface area contributed by atoms with E-state index in [1.165, 1.54) is 0 Å². The lowest BCUT2D eigenvalue weighted by Crippen LogP contribution is -2.40. The summed E-state index contributed by atoms with van der Waals surface area (Å²) in [7, 11) is 3.96. The van der Waals surface area contributed by atoms with E-state index in [1.807, 2.05) is 57.1 Å². The Morgan fingerprint density at radius 2 is 1.75 bits per heavy atom. The van der Waals surface area contributed by atoms with Gasteiger partial charge in [-0.2, -0.15) is 0 Å². The fraction of sp³-hybridized carbons (Fsp3) is 0.476. The van der Waals surface area contributed by atoms with Gasteiger partial charge in [-0.25, -0.2) is 9.97 Å². The van der Waals surface area contributed by atoms with Crippen molar-refractivity contribution >= 4 is 33.5 Å². The summed E-state index contributed by atoms with van der Waals surface area (Å²) in [6.45, 7) is 3.91. The molecule has 1 amide bonds. The van der Waals surface area contributed by atoms with E-state index in [1.54, 1.807) is 0 Å². The summed E-state index contributed by atoms with van der Waals surface area (Å²) in [6, 6.07) is 8.28. The SMILES string of the molecule is Cc1nc(N[C@H]2CC[C@@H](NC(=O)c3ccc(Br)c(C)c3)CC2)cc(N(C)C)n1. The van der Waals surface area contributed by atoms with E-state index in [0.717, 1.165) is 53.2 Å². The second-order valence-electron chi connectivity index (χ2n) is 7.68. The quantitative estimate of drug-likeness (QED) is 0.725. The largest absolute Gasteiger partial charge is 0.367 e. The minimum absolute atomic E-state index is 0.00839. The molecule has 2 N–H and O–H groups in total. The number of rotatable bonds is 5. The van der Waals surface area contributed by atoms with Crippen molar-refractivity contribution in [2.75, 3.05) is 24.3 Å². The lowest BCUT2D eigenvalue weighted by atomic mass is 9.91. The Morgan fingerprint density at radius 3 is 2.39 bits per heavy atom. The fourth-order valence-corrected chi connectivity index (χ4v) is 3.75. The zero-order valence-corrected chi connectivity index (χ0v) is 18.5. The van der Waals surface area contributed by atoms with Crippen molar-refractivity contribution < 1.29 is 4.79 Å². The third-order valence-corrected chi connectivity index (χ3v) is 6.01. The number of nitrogens with one attached hydrogen (secondary N) is 2. The van der Waals surface area contributed by atoms with Crippen LogP contribution in [0.3, 0.4) is 0 Å². The van der Waals surface area contributed by atoms with E-state index in [2.05, 4.69) is 36.5 Å². The van der Waals surface area contributed by atoms with Crippen molar-refractivity contribution in [3.63, 3.8) is 0 Å². The molecule has 3 rings (SSSR count). The zero-order chi connectivity index (χ0) is 20.3. The molecule has 1 fully saturated rings. The van der Waals surface area contributed by atoms with Crippen LogP contribution in [-0.4, -0.2) is 42.1 Å². The molecule has 0 unspecified atom stereocenters. The van der Waals surface area contributed by atoms with Gasteiger partial charge in [-0.05, 0) is 63.3 Å². The molecule has 6 nitrogen and oxygen atoms in total. The summed E-state index contributed by atoms with van der Waals surface area (Å²) in [4.78, 5) is 23.5. The van der Waals surface area contributed by atoms with Crippen molar-refractivity contribution in [1.29, 1.82) is 0 Å². The number of carbonyl (C=O) groups is 1. The Balaban J connectivity index is 1.53. The Labute approximate surface area is 175 Å². The van der Waals surface area contributed by atoms with Gasteiger partial charge in [0.25, 0.3) is 5.91 Å². The third-order valence-electron chi connectivity index (χ3n) is 5.12. The molecule has 150 valence electrons. The van der Waals surface area contributed by atoms with Crippen LogP contribution in [0, 0.1) is 13.8 Å². The first-order valence-electron chi connectivity index (χ1n) is 9.68. The molecule has 0 bridgehead atoms. The Bertz CT molecular complexity index is 847. The van der Waals surface area contributed by atoms with E-state index >= 15 is 0 Å². The van der Waals surface area contributed by atoms with Gasteiger partial charge in [0.2, 0.25) is 0 Å². The molecule has 1 aromatic carbocycles. The molecule has 0 saturated heterocycles. The van der Waals surface area contributed by atoms with Crippen LogP contribution >= 0.6 is 15.9 Å². The highest BCUT2D eigenvalue weighted by atomic mass is 79.9. The van der Waals surface area contributed by atoms with Crippen LogP contribution in [-0.2, 0) is 0 Å². The van der Waals surface area contributed by atoms with Crippen LogP contribution < -0.4 is 15.5 Å². The maximum absolute atomic E-state index is 12.5. The second-order valence-corrected chi connectivity index (χ2v) is 8.54. The van der Waals surface area contributed by atoms with Crippen molar-refractivity contribution in [1.82, 2.24) is 15.3 Å². The normalized spacial score (nSPS) is 19.2. The van der Waals surface area contributed by atoms with Crippen LogP contribution in [0.5, 0.6) is 0 Å². The van der Waals surface area contributed by atoms with Gasteiger partial charge in [-0.1, -0.05) is 15.9 Å². The average molecular weight is 446 g/mol. The van der Waals surface area contributed by atoms with E-state index in [0.29, 0.717) is 11.6 Å². The molecule has 1 aliphatic carbocycles. The maximum atomic E-state index is 12.5. The minimum Gasteiger partial charge on any atom is -0.367 e. The number of carbonyl (C=O) groups excluding carboxylic acids is 1. The first-order chi connectivity index (χ1) is 13.3. The predicted octanol–water partition coefficient (Wildman–Crippen LogP) is 4.08. The molecule has 1 heterocycles. The highest BCUT2D eigenvalue weighted by Crippen LogP contribution is 2.24. The van der Waals surface area contributed by atoms with Gasteiger partial charge in [-0.3, -0.25) is 4.79 Å². The number of aromatic nitrogens is 2. The number of anilines is 2. The molecule has 0 atom stereocenters. The third kappa shape index (κ3) is 5.22. The molecule has 7 heteroatoms. The van der Waals surface area contributed by atoms with Crippen molar-refractivity contribution in [3.8, 4) is 0 Å². The van der Waals surface area contributed by atoms with E-state index < -0.39 is 0 Å². The molecule has 1 saturated carbocycles. The Hall–Kier alpha value is -2.15. The van der Waals surface area contributed by atoms with E-state index in [-0.39, 0.29) is 11.9 Å². The van der Waals surface area contributed by atoms with Crippen LogP contribution in [0.2, 0.25) is 0 Å². The molecule has 1 aliphatic rings. The Morgan fingerprint density at radius 1 is 1.07 bits per heavy atom. The second kappa shape index (κ2) is 8.90. The number of benzene rings is 1. The Kier molecular flexibility index (Phi) is 6.54. The zero-order valence-electron chi connectivity index (χ0n) is 16.9. The monoisotopic (exact) mass is 445 g/mol. The molecule has 0 radical (unpaired) electrons. The smallest absolute Gasteiger partial charge is 0.251 e. The summed E-state index contributed by atoms with van der Waals surface area (Å²) in [5.74, 6) is 2.54. The van der Waals surface area contributed by atoms with Crippen molar-refractivity contribution in [2.24, 2.45) is 0 Å². The predicted molar refractivity (Wildman–Crippen MR) is 117 cm³/mol. The van der Waals surface area contributed by atoms with Crippen LogP contribution in [0.1, 0.15) is 47.4 Å². The minimum atomic E-state index is 0.00839. The molecular formula is C21H28BrN5O. The van der Waals surface area contributed by atoms with Gasteiger partial charge >= 0.3 is 0 Å². The number of halogens is 1. The molecule has 2 aromatic rings. The van der Waals surface area contributed by atoms with Gasteiger partial charge in [0.05, 0.1) is 0 Å². The van der Waals surface area contributed by atoms with Gasteiger partial charge in [0.1, 0.15) is 17.5 Å². The van der Waals surface area contributed by atoms with Gasteiger partial charge < -0.3 is 15.5 Å². The summed E-state index contributed by atoms with van der Waals surface area (Å²) in [5, 5.41) is 6.73. The average Bonchev–Trinajstić information content (AvgIpc) is 2.65. The van der Waals surface area contributed by atoms with Crippen LogP contribution in [0.15, 0.2) is 28.7 Å². The van der Waals surface area contributed by atoms with Gasteiger partial charge in [0.15, 0.2) is 0 Å². The summed E-state index contributed by atoms with van der Waals surface area (Å²) in [5.41, 5.74) is 1.78. The summed E-state index contributed by atoms with van der Waals surface area (Å²) >= 11 is 3.48. The summed E-state index contributed by atoms with van der Waals surface area (Å²) < 4.78 is 1.02.